The average Bonchev–Trinajstić information content (AvgIpc) is 2.23. The molecule has 0 aliphatic heterocycles. The summed E-state index contributed by atoms with van der Waals surface area (Å²) >= 11 is 7.28. The second-order valence-corrected chi connectivity index (χ2v) is 6.61. The molecule has 1 fully saturated rings. The monoisotopic (exact) mass is 374 g/mol. The number of amides is 1. The molecule has 1 amide bonds. The molecule has 0 aromatic heterocycles. The van der Waals surface area contributed by atoms with E-state index in [0.29, 0.717) is 10.9 Å². The first-order valence-corrected chi connectivity index (χ1v) is 7.30. The smallest absolute Gasteiger partial charge is 0.237 e. The van der Waals surface area contributed by atoms with Crippen molar-refractivity contribution in [3.63, 3.8) is 0 Å². The van der Waals surface area contributed by atoms with E-state index in [1.165, 1.54) is 0 Å². The molecular formula is C13H15IN2OS. The number of hydrogen-bond acceptors (Lipinski definition) is 2. The minimum Gasteiger partial charge on any atom is -0.392 e. The van der Waals surface area contributed by atoms with Gasteiger partial charge >= 0.3 is 0 Å². The van der Waals surface area contributed by atoms with E-state index in [-0.39, 0.29) is 5.91 Å². The van der Waals surface area contributed by atoms with Crippen molar-refractivity contribution in [3.8, 4) is 0 Å². The Balaban J connectivity index is 2.14. The molecule has 0 atom stereocenters. The predicted molar refractivity (Wildman–Crippen MR) is 85.4 cm³/mol. The molecule has 0 unspecified atom stereocenters. The topological polar surface area (TPSA) is 55.1 Å². The lowest BCUT2D eigenvalue weighted by atomic mass is 9.62. The van der Waals surface area contributed by atoms with Gasteiger partial charge in [-0.2, -0.15) is 0 Å². The highest BCUT2D eigenvalue weighted by molar-refractivity contribution is 14.1. The number of carbonyl (C=O) groups excluding carboxylic acids is 1. The van der Waals surface area contributed by atoms with Gasteiger partial charge in [-0.15, -0.1) is 0 Å². The molecule has 3 nitrogen and oxygen atoms in total. The highest BCUT2D eigenvalue weighted by Crippen LogP contribution is 2.46. The molecule has 0 saturated heterocycles. The Morgan fingerprint density at radius 2 is 2.22 bits per heavy atom. The van der Waals surface area contributed by atoms with Crippen molar-refractivity contribution in [2.45, 2.75) is 19.8 Å². The summed E-state index contributed by atoms with van der Waals surface area (Å²) in [6.45, 7) is 2.11. The van der Waals surface area contributed by atoms with Gasteiger partial charge < -0.3 is 11.1 Å². The maximum Gasteiger partial charge on any atom is 0.237 e. The third-order valence-corrected chi connectivity index (χ3v) is 4.44. The zero-order valence-electron chi connectivity index (χ0n) is 10.1. The van der Waals surface area contributed by atoms with Crippen LogP contribution in [0.5, 0.6) is 0 Å². The van der Waals surface area contributed by atoms with E-state index in [1.54, 1.807) is 0 Å². The molecule has 0 radical (unpaired) electrons. The quantitative estimate of drug-likeness (QED) is 0.632. The van der Waals surface area contributed by atoms with Crippen LogP contribution in [-0.2, 0) is 4.79 Å². The van der Waals surface area contributed by atoms with Gasteiger partial charge in [0.05, 0.1) is 10.4 Å². The van der Waals surface area contributed by atoms with Crippen LogP contribution in [0, 0.1) is 14.9 Å². The predicted octanol–water partition coefficient (Wildman–Crippen LogP) is 2.93. The largest absolute Gasteiger partial charge is 0.392 e. The van der Waals surface area contributed by atoms with E-state index in [9.17, 15) is 4.79 Å². The Labute approximate surface area is 126 Å². The average molecular weight is 374 g/mol. The second kappa shape index (κ2) is 5.13. The van der Waals surface area contributed by atoms with Gasteiger partial charge in [0.15, 0.2) is 0 Å². The molecule has 1 aromatic rings. The molecular weight excluding hydrogens is 359 g/mol. The summed E-state index contributed by atoms with van der Waals surface area (Å²) < 4.78 is 1.08. The molecule has 96 valence electrons. The van der Waals surface area contributed by atoms with Gasteiger partial charge in [-0.25, -0.2) is 0 Å². The van der Waals surface area contributed by atoms with E-state index in [4.69, 9.17) is 18.0 Å². The number of rotatable bonds is 3. The van der Waals surface area contributed by atoms with Crippen molar-refractivity contribution < 1.29 is 4.79 Å². The van der Waals surface area contributed by atoms with Crippen molar-refractivity contribution >= 4 is 51.4 Å². The Morgan fingerprint density at radius 3 is 2.72 bits per heavy atom. The van der Waals surface area contributed by atoms with Gasteiger partial charge in [0, 0.05) is 9.26 Å². The first-order chi connectivity index (χ1) is 8.44. The van der Waals surface area contributed by atoms with Gasteiger partial charge in [-0.1, -0.05) is 25.2 Å². The normalized spacial score (nSPS) is 26.2. The van der Waals surface area contributed by atoms with Crippen LogP contribution in [0.3, 0.4) is 0 Å². The number of benzene rings is 1. The van der Waals surface area contributed by atoms with Crippen molar-refractivity contribution in [2.24, 2.45) is 17.1 Å². The fourth-order valence-electron chi connectivity index (χ4n) is 2.45. The van der Waals surface area contributed by atoms with Crippen LogP contribution in [0.25, 0.3) is 0 Å². The molecule has 2 rings (SSSR count). The SMILES string of the molecule is CC1CC(C(=O)Nc2cccc(I)c2)(C(N)=S)C1. The number of halogens is 1. The van der Waals surface area contributed by atoms with Gasteiger partial charge in [-0.3, -0.25) is 4.79 Å². The van der Waals surface area contributed by atoms with Crippen LogP contribution in [-0.4, -0.2) is 10.9 Å². The molecule has 1 aliphatic rings. The lowest BCUT2D eigenvalue weighted by molar-refractivity contribution is -0.127. The van der Waals surface area contributed by atoms with Crippen molar-refractivity contribution in [2.75, 3.05) is 5.32 Å². The Hall–Kier alpha value is -0.690. The number of nitrogens with two attached hydrogens (primary N) is 1. The van der Waals surface area contributed by atoms with E-state index < -0.39 is 5.41 Å². The van der Waals surface area contributed by atoms with Crippen molar-refractivity contribution in [1.29, 1.82) is 0 Å². The number of anilines is 1. The van der Waals surface area contributed by atoms with Crippen molar-refractivity contribution in [3.05, 3.63) is 27.8 Å². The molecule has 0 heterocycles. The molecule has 1 saturated carbocycles. The minimum atomic E-state index is -0.643. The first-order valence-electron chi connectivity index (χ1n) is 5.81. The minimum absolute atomic E-state index is 0.0740. The molecule has 0 spiro atoms. The summed E-state index contributed by atoms with van der Waals surface area (Å²) in [6, 6.07) is 7.68. The third-order valence-electron chi connectivity index (χ3n) is 3.38. The summed E-state index contributed by atoms with van der Waals surface area (Å²) in [6.07, 6.45) is 1.50. The third kappa shape index (κ3) is 2.51. The Bertz CT molecular complexity index is 498. The zero-order chi connectivity index (χ0) is 13.3. The molecule has 18 heavy (non-hydrogen) atoms. The maximum atomic E-state index is 12.3. The summed E-state index contributed by atoms with van der Waals surface area (Å²) in [7, 11) is 0. The van der Waals surface area contributed by atoms with Crippen LogP contribution in [0.1, 0.15) is 19.8 Å². The van der Waals surface area contributed by atoms with E-state index >= 15 is 0 Å². The summed E-state index contributed by atoms with van der Waals surface area (Å²) in [5.41, 5.74) is 5.90. The van der Waals surface area contributed by atoms with Crippen LogP contribution in [0.15, 0.2) is 24.3 Å². The fraction of sp³-hybridized carbons (Fsp3) is 0.385. The lowest BCUT2D eigenvalue weighted by Gasteiger charge is -2.44. The van der Waals surface area contributed by atoms with Crippen LogP contribution >= 0.6 is 34.8 Å². The van der Waals surface area contributed by atoms with Gasteiger partial charge in [0.2, 0.25) is 5.91 Å². The molecule has 0 bridgehead atoms. The molecule has 1 aromatic carbocycles. The van der Waals surface area contributed by atoms with E-state index in [1.807, 2.05) is 24.3 Å². The highest BCUT2D eigenvalue weighted by Gasteiger charge is 2.50. The van der Waals surface area contributed by atoms with Crippen LogP contribution in [0.2, 0.25) is 0 Å². The zero-order valence-corrected chi connectivity index (χ0v) is 13.0. The summed E-state index contributed by atoms with van der Waals surface area (Å²) in [5, 5.41) is 2.92. The summed E-state index contributed by atoms with van der Waals surface area (Å²) in [5.74, 6) is 0.434. The van der Waals surface area contributed by atoms with Gasteiger partial charge in [0.25, 0.3) is 0 Å². The number of carbonyl (C=O) groups is 1. The standard InChI is InChI=1S/C13H15IN2OS/c1-8-6-13(7-8,11(15)18)12(17)16-10-4-2-3-9(14)5-10/h2-5,8H,6-7H2,1H3,(H2,15,18)(H,16,17). The highest BCUT2D eigenvalue weighted by atomic mass is 127. The van der Waals surface area contributed by atoms with Crippen LogP contribution < -0.4 is 11.1 Å². The first kappa shape index (κ1) is 13.7. The van der Waals surface area contributed by atoms with Crippen LogP contribution in [0.4, 0.5) is 5.69 Å². The summed E-state index contributed by atoms with van der Waals surface area (Å²) in [4.78, 5) is 12.6. The molecule has 5 heteroatoms. The van der Waals surface area contributed by atoms with E-state index in [2.05, 4.69) is 34.8 Å². The molecule has 1 aliphatic carbocycles. The van der Waals surface area contributed by atoms with Gasteiger partial charge in [-0.05, 0) is 59.5 Å². The molecule has 3 N–H and O–H groups in total. The second-order valence-electron chi connectivity index (χ2n) is 4.92. The Morgan fingerprint density at radius 1 is 1.56 bits per heavy atom. The lowest BCUT2D eigenvalue weighted by Crippen LogP contribution is -2.53. The number of hydrogen-bond donors (Lipinski definition) is 2. The number of thiocarbonyl (C=S) groups is 1. The number of nitrogens with one attached hydrogen (secondary N) is 1. The van der Waals surface area contributed by atoms with E-state index in [0.717, 1.165) is 22.1 Å². The maximum absolute atomic E-state index is 12.3. The van der Waals surface area contributed by atoms with Crippen molar-refractivity contribution in [1.82, 2.24) is 0 Å². The van der Waals surface area contributed by atoms with Gasteiger partial charge in [0.1, 0.15) is 0 Å². The fourth-order valence-corrected chi connectivity index (χ4v) is 3.25. The Kier molecular flexibility index (Phi) is 3.91.